The molecule has 156 valence electrons. The summed E-state index contributed by atoms with van der Waals surface area (Å²) in [7, 11) is 2.15. The smallest absolute Gasteiger partial charge is 0.265 e. The molecule has 29 heavy (non-hydrogen) atoms. The first-order valence-electron chi connectivity index (χ1n) is 10.4. The minimum absolute atomic E-state index is 0.147. The van der Waals surface area contributed by atoms with Gasteiger partial charge in [0.05, 0.1) is 0 Å². The lowest BCUT2D eigenvalue weighted by molar-refractivity contribution is -0.122. The number of amides is 1. The molecule has 2 aromatic carbocycles. The highest BCUT2D eigenvalue weighted by atomic mass is 16.5. The van der Waals surface area contributed by atoms with E-state index in [1.54, 1.807) is 6.92 Å². The minimum Gasteiger partial charge on any atom is -0.481 e. The summed E-state index contributed by atoms with van der Waals surface area (Å²) in [6.07, 6.45) is -0.576. The summed E-state index contributed by atoms with van der Waals surface area (Å²) in [5.41, 5.74) is 4.22. The minimum atomic E-state index is -0.576. The highest BCUT2D eigenvalue weighted by Crippen LogP contribution is 2.25. The number of hydrogen-bond donors (Lipinski definition) is 1. The Morgan fingerprint density at radius 3 is 2.28 bits per heavy atom. The van der Waals surface area contributed by atoms with Gasteiger partial charge in [-0.2, -0.15) is 0 Å². The zero-order valence-corrected chi connectivity index (χ0v) is 18.2. The molecule has 0 bridgehead atoms. The highest BCUT2D eigenvalue weighted by molar-refractivity contribution is 5.94. The number of carbonyl (C=O) groups excluding carboxylic acids is 1. The molecule has 1 aliphatic heterocycles. The fraction of sp³-hybridized carbons (Fsp3) is 0.458. The summed E-state index contributed by atoms with van der Waals surface area (Å²) in [5.74, 6) is 1.04. The average molecular weight is 396 g/mol. The van der Waals surface area contributed by atoms with Gasteiger partial charge in [0.15, 0.2) is 6.10 Å². The third-order valence-corrected chi connectivity index (χ3v) is 5.56. The van der Waals surface area contributed by atoms with Crippen LogP contribution in [-0.4, -0.2) is 50.1 Å². The molecule has 0 spiro atoms. The van der Waals surface area contributed by atoms with E-state index in [1.165, 1.54) is 11.3 Å². The van der Waals surface area contributed by atoms with Crippen LogP contribution >= 0.6 is 0 Å². The van der Waals surface area contributed by atoms with Gasteiger partial charge in [0, 0.05) is 37.6 Å². The molecule has 5 heteroatoms. The number of piperazine rings is 1. The molecule has 3 rings (SSSR count). The Kier molecular flexibility index (Phi) is 6.80. The third kappa shape index (κ3) is 5.51. The van der Waals surface area contributed by atoms with Gasteiger partial charge in [-0.3, -0.25) is 4.79 Å². The number of aryl methyl sites for hydroxylation is 1. The number of nitrogens with one attached hydrogen (secondary N) is 1. The van der Waals surface area contributed by atoms with Gasteiger partial charge in [-0.15, -0.1) is 0 Å². The molecule has 0 unspecified atom stereocenters. The van der Waals surface area contributed by atoms with Crippen LogP contribution in [0.15, 0.2) is 42.5 Å². The fourth-order valence-corrected chi connectivity index (χ4v) is 3.41. The lowest BCUT2D eigenvalue weighted by atomic mass is 10.0. The van der Waals surface area contributed by atoms with Crippen LogP contribution in [0, 0.1) is 6.92 Å². The van der Waals surface area contributed by atoms with Gasteiger partial charge < -0.3 is 19.9 Å². The van der Waals surface area contributed by atoms with Gasteiger partial charge in [0.25, 0.3) is 5.91 Å². The molecule has 1 saturated heterocycles. The van der Waals surface area contributed by atoms with Crippen molar-refractivity contribution in [2.24, 2.45) is 0 Å². The summed E-state index contributed by atoms with van der Waals surface area (Å²) in [5, 5.41) is 2.97. The number of benzene rings is 2. The Bertz CT molecular complexity index is 825. The van der Waals surface area contributed by atoms with E-state index in [9.17, 15) is 4.79 Å². The van der Waals surface area contributed by atoms with E-state index in [0.717, 1.165) is 43.2 Å². The van der Waals surface area contributed by atoms with Gasteiger partial charge in [0.2, 0.25) is 0 Å². The molecule has 1 fully saturated rings. The molecule has 5 nitrogen and oxygen atoms in total. The Morgan fingerprint density at radius 2 is 1.66 bits per heavy atom. The molecular formula is C24H33N3O2. The number of nitrogens with zero attached hydrogens (tertiary/aromatic N) is 2. The molecular weight excluding hydrogens is 362 g/mol. The van der Waals surface area contributed by atoms with Crippen molar-refractivity contribution in [3.63, 3.8) is 0 Å². The Hall–Kier alpha value is -2.53. The standard InChI is InChI=1S/C24H33N3O2/c1-17(2)20-7-6-18(3)23(16-20)29-19(4)24(28)25-21-8-10-22(11-9-21)27-14-12-26(5)13-15-27/h6-11,16-17,19H,12-15H2,1-5H3,(H,25,28)/t19-/m1/s1. The maximum atomic E-state index is 12.6. The van der Waals surface area contributed by atoms with Gasteiger partial charge in [-0.25, -0.2) is 0 Å². The SMILES string of the molecule is Cc1ccc(C(C)C)cc1O[C@H](C)C(=O)Nc1ccc(N2CCN(C)CC2)cc1. The summed E-state index contributed by atoms with van der Waals surface area (Å²) in [6, 6.07) is 14.3. The van der Waals surface area contributed by atoms with Crippen LogP contribution in [0.3, 0.4) is 0 Å². The number of hydrogen-bond acceptors (Lipinski definition) is 4. The van der Waals surface area contributed by atoms with Crippen LogP contribution in [0.25, 0.3) is 0 Å². The van der Waals surface area contributed by atoms with E-state index in [-0.39, 0.29) is 5.91 Å². The lowest BCUT2D eigenvalue weighted by Gasteiger charge is -2.34. The molecule has 0 aliphatic carbocycles. The molecule has 1 atom stereocenters. The van der Waals surface area contributed by atoms with E-state index >= 15 is 0 Å². The number of rotatable bonds is 6. The van der Waals surface area contributed by atoms with E-state index < -0.39 is 6.10 Å². The van der Waals surface area contributed by atoms with Crippen LogP contribution in [0.4, 0.5) is 11.4 Å². The largest absolute Gasteiger partial charge is 0.481 e. The van der Waals surface area contributed by atoms with Crippen molar-refractivity contribution in [2.75, 3.05) is 43.4 Å². The molecule has 1 amide bonds. The fourth-order valence-electron chi connectivity index (χ4n) is 3.41. The first-order valence-corrected chi connectivity index (χ1v) is 10.4. The topological polar surface area (TPSA) is 44.8 Å². The van der Waals surface area contributed by atoms with Crippen LogP contribution in [0.5, 0.6) is 5.75 Å². The summed E-state index contributed by atoms with van der Waals surface area (Å²) in [6.45, 7) is 12.3. The van der Waals surface area contributed by atoms with Gasteiger partial charge >= 0.3 is 0 Å². The normalized spacial score (nSPS) is 16.0. The van der Waals surface area contributed by atoms with Gasteiger partial charge in [-0.05, 0) is 68.3 Å². The van der Waals surface area contributed by atoms with Crippen molar-refractivity contribution in [2.45, 2.75) is 39.7 Å². The Labute approximate surface area is 174 Å². The Balaban J connectivity index is 1.59. The van der Waals surface area contributed by atoms with Crippen LogP contribution in [-0.2, 0) is 4.79 Å². The maximum absolute atomic E-state index is 12.6. The van der Waals surface area contributed by atoms with Crippen molar-refractivity contribution in [3.8, 4) is 5.75 Å². The zero-order chi connectivity index (χ0) is 21.0. The summed E-state index contributed by atoms with van der Waals surface area (Å²) >= 11 is 0. The third-order valence-electron chi connectivity index (χ3n) is 5.56. The zero-order valence-electron chi connectivity index (χ0n) is 18.2. The van der Waals surface area contributed by atoms with Crippen molar-refractivity contribution >= 4 is 17.3 Å². The van der Waals surface area contributed by atoms with Crippen LogP contribution in [0.2, 0.25) is 0 Å². The Morgan fingerprint density at radius 1 is 1.00 bits per heavy atom. The number of carbonyl (C=O) groups is 1. The first-order chi connectivity index (χ1) is 13.8. The molecule has 0 radical (unpaired) electrons. The van der Waals surface area contributed by atoms with Crippen LogP contribution < -0.4 is 15.0 Å². The van der Waals surface area contributed by atoms with E-state index in [0.29, 0.717) is 5.92 Å². The van der Waals surface area contributed by atoms with Gasteiger partial charge in [0.1, 0.15) is 5.75 Å². The van der Waals surface area contributed by atoms with Crippen molar-refractivity contribution in [1.29, 1.82) is 0 Å². The number of likely N-dealkylation sites (N-methyl/N-ethyl adjacent to an activating group) is 1. The van der Waals surface area contributed by atoms with E-state index in [1.807, 2.05) is 31.2 Å². The highest BCUT2D eigenvalue weighted by Gasteiger charge is 2.18. The predicted molar refractivity (Wildman–Crippen MR) is 120 cm³/mol. The van der Waals surface area contributed by atoms with Crippen molar-refractivity contribution in [3.05, 3.63) is 53.6 Å². The quantitative estimate of drug-likeness (QED) is 0.793. The number of anilines is 2. The molecule has 1 heterocycles. The van der Waals surface area contributed by atoms with Crippen molar-refractivity contribution in [1.82, 2.24) is 4.90 Å². The molecule has 2 aromatic rings. The molecule has 1 N–H and O–H groups in total. The van der Waals surface area contributed by atoms with Crippen molar-refractivity contribution < 1.29 is 9.53 Å². The average Bonchev–Trinajstić information content (AvgIpc) is 2.70. The summed E-state index contributed by atoms with van der Waals surface area (Å²) < 4.78 is 5.97. The predicted octanol–water partition coefficient (Wildman–Crippen LogP) is 4.28. The second kappa shape index (κ2) is 9.31. The molecule has 0 saturated carbocycles. The first kappa shape index (κ1) is 21.2. The van der Waals surface area contributed by atoms with E-state index in [4.69, 9.17) is 4.74 Å². The summed E-state index contributed by atoms with van der Waals surface area (Å²) in [4.78, 5) is 17.3. The van der Waals surface area contributed by atoms with Gasteiger partial charge in [-0.1, -0.05) is 26.0 Å². The molecule has 0 aromatic heterocycles. The van der Waals surface area contributed by atoms with E-state index in [2.05, 4.69) is 54.2 Å². The second-order valence-corrected chi connectivity index (χ2v) is 8.27. The monoisotopic (exact) mass is 395 g/mol. The second-order valence-electron chi connectivity index (χ2n) is 8.27. The lowest BCUT2D eigenvalue weighted by Crippen LogP contribution is -2.44. The van der Waals surface area contributed by atoms with Crippen LogP contribution in [0.1, 0.15) is 37.8 Å². The maximum Gasteiger partial charge on any atom is 0.265 e. The number of ether oxygens (including phenoxy) is 1. The molecule has 1 aliphatic rings.